The van der Waals surface area contributed by atoms with Gasteiger partial charge in [0.2, 0.25) is 0 Å². The summed E-state index contributed by atoms with van der Waals surface area (Å²) in [5, 5.41) is 3.65. The van der Waals surface area contributed by atoms with Crippen molar-refractivity contribution < 1.29 is 14.2 Å². The van der Waals surface area contributed by atoms with Crippen LogP contribution in [0.3, 0.4) is 0 Å². The van der Waals surface area contributed by atoms with E-state index in [1.165, 1.54) is 16.7 Å². The number of ether oxygens (including phenoxy) is 3. The molecule has 0 radical (unpaired) electrons. The molecule has 0 saturated carbocycles. The Labute approximate surface area is 150 Å². The second-order valence-electron chi connectivity index (χ2n) is 6.36. The van der Waals surface area contributed by atoms with E-state index in [0.717, 1.165) is 42.2 Å². The zero-order chi connectivity index (χ0) is 17.8. The third kappa shape index (κ3) is 3.59. The Bertz CT molecular complexity index is 742. The van der Waals surface area contributed by atoms with Crippen LogP contribution in [0.25, 0.3) is 0 Å². The van der Waals surface area contributed by atoms with E-state index in [2.05, 4.69) is 30.4 Å². The van der Waals surface area contributed by atoms with Crippen LogP contribution in [0.1, 0.15) is 35.2 Å². The first kappa shape index (κ1) is 17.6. The highest BCUT2D eigenvalue weighted by Crippen LogP contribution is 2.36. The summed E-state index contributed by atoms with van der Waals surface area (Å²) in [5.41, 5.74) is 5.09. The van der Waals surface area contributed by atoms with Crippen molar-refractivity contribution in [1.29, 1.82) is 0 Å². The molecule has 2 aromatic rings. The van der Waals surface area contributed by atoms with E-state index < -0.39 is 0 Å². The van der Waals surface area contributed by atoms with Crippen LogP contribution in [0.2, 0.25) is 0 Å². The molecular weight excluding hydrogens is 314 g/mol. The lowest BCUT2D eigenvalue weighted by atomic mass is 9.88. The van der Waals surface area contributed by atoms with Gasteiger partial charge in [0.15, 0.2) is 11.5 Å². The molecular formula is C21H27NO3. The molecule has 0 spiro atoms. The van der Waals surface area contributed by atoms with Crippen molar-refractivity contribution >= 4 is 0 Å². The first-order valence-corrected chi connectivity index (χ1v) is 8.87. The predicted molar refractivity (Wildman–Crippen MR) is 100 cm³/mol. The van der Waals surface area contributed by atoms with Crippen molar-refractivity contribution in [3.8, 4) is 17.2 Å². The first-order chi connectivity index (χ1) is 12.2. The molecule has 0 saturated heterocycles. The van der Waals surface area contributed by atoms with Gasteiger partial charge in [0, 0.05) is 6.04 Å². The number of benzene rings is 2. The zero-order valence-electron chi connectivity index (χ0n) is 15.5. The normalized spacial score (nSPS) is 16.2. The van der Waals surface area contributed by atoms with Gasteiger partial charge in [0.1, 0.15) is 5.75 Å². The number of nitrogens with one attached hydrogen (secondary N) is 1. The number of methoxy groups -OCH3 is 2. The summed E-state index contributed by atoms with van der Waals surface area (Å²) in [5.74, 6) is 2.57. The van der Waals surface area contributed by atoms with Crippen LogP contribution < -0.4 is 19.5 Å². The number of hydrogen-bond donors (Lipinski definition) is 1. The van der Waals surface area contributed by atoms with Crippen molar-refractivity contribution in [3.05, 3.63) is 52.6 Å². The molecule has 3 rings (SSSR count). The van der Waals surface area contributed by atoms with Crippen LogP contribution in [0.5, 0.6) is 17.2 Å². The van der Waals surface area contributed by atoms with E-state index in [-0.39, 0.29) is 6.04 Å². The summed E-state index contributed by atoms with van der Waals surface area (Å²) in [7, 11) is 3.37. The molecule has 0 aliphatic carbocycles. The Morgan fingerprint density at radius 3 is 2.68 bits per heavy atom. The fourth-order valence-corrected chi connectivity index (χ4v) is 3.62. The van der Waals surface area contributed by atoms with Crippen molar-refractivity contribution in [2.75, 3.05) is 27.4 Å². The van der Waals surface area contributed by atoms with Gasteiger partial charge in [-0.2, -0.15) is 0 Å². The van der Waals surface area contributed by atoms with Crippen LogP contribution >= 0.6 is 0 Å². The van der Waals surface area contributed by atoms with Crippen molar-refractivity contribution in [3.63, 3.8) is 0 Å². The average Bonchev–Trinajstić information content (AvgIpc) is 2.62. The maximum Gasteiger partial charge on any atom is 0.163 e. The minimum atomic E-state index is 0.240. The summed E-state index contributed by atoms with van der Waals surface area (Å²) in [6.45, 7) is 5.81. The van der Waals surface area contributed by atoms with Gasteiger partial charge in [0.25, 0.3) is 0 Å². The summed E-state index contributed by atoms with van der Waals surface area (Å²) in [6.07, 6.45) is 1.90. The SMILES string of the molecule is CCOc1cc2c(cc1C)CCNC2Cc1cccc(OC)c1OC. The smallest absolute Gasteiger partial charge is 0.163 e. The standard InChI is InChI=1S/C21H27NO3/c1-5-25-20-13-17-15(11-14(20)2)9-10-22-18(17)12-16-7-6-8-19(23-3)21(16)24-4/h6-8,11,13,18,22H,5,9-10,12H2,1-4H3. The average molecular weight is 341 g/mol. The van der Waals surface area contributed by atoms with Crippen molar-refractivity contribution in [1.82, 2.24) is 5.32 Å². The Morgan fingerprint density at radius 2 is 1.96 bits per heavy atom. The molecule has 2 aromatic carbocycles. The lowest BCUT2D eigenvalue weighted by Crippen LogP contribution is -2.31. The zero-order valence-corrected chi connectivity index (χ0v) is 15.5. The topological polar surface area (TPSA) is 39.7 Å². The number of rotatable bonds is 6. The van der Waals surface area contributed by atoms with Crippen LogP contribution in [0.15, 0.2) is 30.3 Å². The maximum atomic E-state index is 5.81. The largest absolute Gasteiger partial charge is 0.494 e. The Balaban J connectivity index is 1.95. The minimum Gasteiger partial charge on any atom is -0.494 e. The highest BCUT2D eigenvalue weighted by molar-refractivity contribution is 5.49. The molecule has 1 heterocycles. The molecule has 1 aliphatic rings. The van der Waals surface area contributed by atoms with Gasteiger partial charge in [-0.3, -0.25) is 0 Å². The molecule has 0 amide bonds. The van der Waals surface area contributed by atoms with E-state index in [9.17, 15) is 0 Å². The summed E-state index contributed by atoms with van der Waals surface area (Å²) >= 11 is 0. The molecule has 0 aromatic heterocycles. The molecule has 1 atom stereocenters. The van der Waals surface area contributed by atoms with Crippen molar-refractivity contribution in [2.45, 2.75) is 32.7 Å². The Hall–Kier alpha value is -2.20. The Morgan fingerprint density at radius 1 is 1.12 bits per heavy atom. The molecule has 1 aliphatic heterocycles. The molecule has 0 fully saturated rings. The fraction of sp³-hybridized carbons (Fsp3) is 0.429. The molecule has 1 unspecified atom stereocenters. The van der Waals surface area contributed by atoms with Gasteiger partial charge in [0.05, 0.1) is 20.8 Å². The number of aryl methyl sites for hydroxylation is 1. The monoisotopic (exact) mass is 341 g/mol. The molecule has 25 heavy (non-hydrogen) atoms. The number of para-hydroxylation sites is 1. The van der Waals surface area contributed by atoms with Crippen LogP contribution in [0.4, 0.5) is 0 Å². The fourth-order valence-electron chi connectivity index (χ4n) is 3.62. The van der Waals surface area contributed by atoms with Crippen molar-refractivity contribution in [2.24, 2.45) is 0 Å². The van der Waals surface area contributed by atoms with Crippen LogP contribution in [-0.4, -0.2) is 27.4 Å². The van der Waals surface area contributed by atoms with Gasteiger partial charge in [-0.25, -0.2) is 0 Å². The van der Waals surface area contributed by atoms with Gasteiger partial charge in [-0.15, -0.1) is 0 Å². The molecule has 4 heteroatoms. The molecule has 4 nitrogen and oxygen atoms in total. The highest BCUT2D eigenvalue weighted by Gasteiger charge is 2.23. The second kappa shape index (κ2) is 7.79. The lowest BCUT2D eigenvalue weighted by molar-refractivity contribution is 0.336. The second-order valence-corrected chi connectivity index (χ2v) is 6.36. The van der Waals surface area contributed by atoms with Crippen LogP contribution in [0, 0.1) is 6.92 Å². The lowest BCUT2D eigenvalue weighted by Gasteiger charge is -2.29. The minimum absolute atomic E-state index is 0.240. The first-order valence-electron chi connectivity index (χ1n) is 8.87. The third-order valence-corrected chi connectivity index (χ3v) is 4.81. The van der Waals surface area contributed by atoms with Gasteiger partial charge < -0.3 is 19.5 Å². The quantitative estimate of drug-likeness (QED) is 0.866. The summed E-state index contributed by atoms with van der Waals surface area (Å²) < 4.78 is 16.8. The van der Waals surface area contributed by atoms with E-state index in [1.54, 1.807) is 14.2 Å². The molecule has 134 valence electrons. The number of fused-ring (bicyclic) bond motifs is 1. The summed E-state index contributed by atoms with van der Waals surface area (Å²) in [6, 6.07) is 10.8. The van der Waals surface area contributed by atoms with Gasteiger partial charge >= 0.3 is 0 Å². The third-order valence-electron chi connectivity index (χ3n) is 4.81. The molecule has 1 N–H and O–H groups in total. The van der Waals surface area contributed by atoms with E-state index >= 15 is 0 Å². The highest BCUT2D eigenvalue weighted by atomic mass is 16.5. The van der Waals surface area contributed by atoms with E-state index in [0.29, 0.717) is 6.61 Å². The van der Waals surface area contributed by atoms with Crippen LogP contribution in [-0.2, 0) is 12.8 Å². The maximum absolute atomic E-state index is 5.81. The Kier molecular flexibility index (Phi) is 5.49. The van der Waals surface area contributed by atoms with Gasteiger partial charge in [-0.05, 0) is 67.6 Å². The van der Waals surface area contributed by atoms with Gasteiger partial charge in [-0.1, -0.05) is 18.2 Å². The van der Waals surface area contributed by atoms with E-state index in [1.807, 2.05) is 19.1 Å². The summed E-state index contributed by atoms with van der Waals surface area (Å²) in [4.78, 5) is 0. The predicted octanol–water partition coefficient (Wildman–Crippen LogP) is 3.84. The molecule has 0 bridgehead atoms. The van der Waals surface area contributed by atoms with E-state index in [4.69, 9.17) is 14.2 Å². The number of hydrogen-bond acceptors (Lipinski definition) is 4.